The van der Waals surface area contributed by atoms with Gasteiger partial charge in [-0.05, 0) is 12.1 Å². The van der Waals surface area contributed by atoms with Gasteiger partial charge in [0.15, 0.2) is 9.84 Å². The molecule has 0 aromatic carbocycles. The number of pyridine rings is 2. The minimum absolute atomic E-state index is 0.0598. The van der Waals surface area contributed by atoms with Gasteiger partial charge < -0.3 is 0 Å². The number of sulfone groups is 1. The Kier molecular flexibility index (Phi) is 6.67. The number of carbonyl (C=O) groups is 1. The van der Waals surface area contributed by atoms with Crippen LogP contribution in [0.5, 0.6) is 0 Å². The molecule has 3 rings (SSSR count). The number of amides is 1. The second kappa shape index (κ2) is 8.90. The highest BCUT2D eigenvalue weighted by Crippen LogP contribution is 2.35. The van der Waals surface area contributed by atoms with E-state index in [1.54, 1.807) is 0 Å². The predicted molar refractivity (Wildman–Crippen MR) is 108 cm³/mol. The second-order valence-corrected chi connectivity index (χ2v) is 9.89. The normalized spacial score (nSPS) is 12.6. The quantitative estimate of drug-likeness (QED) is 0.462. The van der Waals surface area contributed by atoms with Gasteiger partial charge in [-0.15, -0.1) is 10.2 Å². The minimum atomic E-state index is -4.80. The van der Waals surface area contributed by atoms with Crippen LogP contribution in [0.2, 0.25) is 0 Å². The van der Waals surface area contributed by atoms with E-state index in [0.717, 1.165) is 31.6 Å². The number of hydrogen-bond donors (Lipinski definition) is 0. The van der Waals surface area contributed by atoms with Gasteiger partial charge in [-0.2, -0.15) is 26.3 Å². The Morgan fingerprint density at radius 3 is 2.21 bits per heavy atom. The number of hydrogen-bond acceptors (Lipinski definition) is 8. The van der Waals surface area contributed by atoms with Crippen molar-refractivity contribution in [3.8, 4) is 11.1 Å². The van der Waals surface area contributed by atoms with Gasteiger partial charge in [0, 0.05) is 36.8 Å². The van der Waals surface area contributed by atoms with Gasteiger partial charge >= 0.3 is 12.4 Å². The molecule has 0 saturated carbocycles. The van der Waals surface area contributed by atoms with Crippen LogP contribution in [-0.2, 0) is 22.2 Å². The van der Waals surface area contributed by atoms with Crippen molar-refractivity contribution in [1.82, 2.24) is 20.2 Å². The van der Waals surface area contributed by atoms with Crippen molar-refractivity contribution < 1.29 is 39.6 Å². The molecule has 3 aromatic heterocycles. The zero-order valence-electron chi connectivity index (χ0n) is 17.1. The van der Waals surface area contributed by atoms with Crippen molar-refractivity contribution in [3.63, 3.8) is 0 Å². The Balaban J connectivity index is 2.08. The molecule has 1 amide bonds. The number of alkyl halides is 6. The van der Waals surface area contributed by atoms with Crippen molar-refractivity contribution in [3.05, 3.63) is 47.0 Å². The first kappa shape index (κ1) is 25.5. The molecular formula is C18H13F6N5O3S2. The topological polar surface area (TPSA) is 106 Å². The van der Waals surface area contributed by atoms with Crippen molar-refractivity contribution in [1.29, 1.82) is 0 Å². The molecule has 34 heavy (non-hydrogen) atoms. The molecule has 0 aliphatic rings. The molecule has 0 fully saturated rings. The first-order chi connectivity index (χ1) is 15.6. The van der Waals surface area contributed by atoms with Crippen LogP contribution in [0.25, 0.3) is 11.1 Å². The molecule has 8 nitrogen and oxygen atoms in total. The highest BCUT2D eigenvalue weighted by molar-refractivity contribution is 7.91. The Labute approximate surface area is 192 Å². The third-order valence-electron chi connectivity index (χ3n) is 4.42. The molecule has 16 heteroatoms. The fraction of sp³-hybridized carbons (Fsp3) is 0.278. The summed E-state index contributed by atoms with van der Waals surface area (Å²) in [5.74, 6) is -1.59. The Morgan fingerprint density at radius 2 is 1.65 bits per heavy atom. The van der Waals surface area contributed by atoms with Crippen LogP contribution in [0.1, 0.15) is 28.0 Å². The fourth-order valence-electron chi connectivity index (χ4n) is 2.62. The van der Waals surface area contributed by atoms with Crippen LogP contribution < -0.4 is 4.90 Å². The van der Waals surface area contributed by atoms with E-state index < -0.39 is 60.1 Å². The van der Waals surface area contributed by atoms with E-state index in [4.69, 9.17) is 0 Å². The summed E-state index contributed by atoms with van der Waals surface area (Å²) in [4.78, 5) is 20.3. The monoisotopic (exact) mass is 525 g/mol. The van der Waals surface area contributed by atoms with Crippen molar-refractivity contribution in [2.45, 2.75) is 24.2 Å². The standard InChI is InChI=1S/C18H13F6N5O3S2/c1-3-34(31,32)12-5-10(9-4-11(8-25-6-9)17(19,20)21)7-26-13(12)14(30)29(2)16-28-27-15(33-16)18(22,23)24/h4-8H,3H2,1-2H3. The molecule has 0 bridgehead atoms. The lowest BCUT2D eigenvalue weighted by atomic mass is 10.1. The van der Waals surface area contributed by atoms with Crippen LogP contribution in [0.3, 0.4) is 0 Å². The average Bonchev–Trinajstić information content (AvgIpc) is 3.28. The maximum atomic E-state index is 13.0. The maximum absolute atomic E-state index is 13.0. The van der Waals surface area contributed by atoms with Gasteiger partial charge in [0.2, 0.25) is 10.1 Å². The van der Waals surface area contributed by atoms with Crippen molar-refractivity contribution in [2.75, 3.05) is 17.7 Å². The summed E-state index contributed by atoms with van der Waals surface area (Å²) in [6, 6.07) is 1.70. The fourth-order valence-corrected chi connectivity index (χ4v) is 4.34. The second-order valence-electron chi connectivity index (χ2n) is 6.69. The molecule has 0 unspecified atom stereocenters. The Hall–Kier alpha value is -3.14. The van der Waals surface area contributed by atoms with E-state index in [-0.39, 0.29) is 22.5 Å². The summed E-state index contributed by atoms with van der Waals surface area (Å²) < 4.78 is 103. The van der Waals surface area contributed by atoms with Gasteiger partial charge in [0.25, 0.3) is 5.91 Å². The number of carbonyl (C=O) groups excluding carboxylic acids is 1. The van der Waals surface area contributed by atoms with Gasteiger partial charge in [-0.1, -0.05) is 18.3 Å². The SMILES string of the molecule is CCS(=O)(=O)c1cc(-c2cncc(C(F)(F)F)c2)cnc1C(=O)N(C)c1nnc(C(F)(F)F)s1. The molecule has 3 aromatic rings. The molecular weight excluding hydrogens is 512 g/mol. The van der Waals surface area contributed by atoms with E-state index >= 15 is 0 Å². The van der Waals surface area contributed by atoms with E-state index in [0.29, 0.717) is 11.1 Å². The van der Waals surface area contributed by atoms with Crippen molar-refractivity contribution in [2.24, 2.45) is 0 Å². The number of anilines is 1. The van der Waals surface area contributed by atoms with Crippen LogP contribution in [-0.4, -0.2) is 47.3 Å². The Morgan fingerprint density at radius 1 is 1.00 bits per heavy atom. The van der Waals surface area contributed by atoms with Crippen LogP contribution in [0.15, 0.2) is 35.6 Å². The van der Waals surface area contributed by atoms with Gasteiger partial charge in [0.05, 0.1) is 16.2 Å². The Bertz CT molecular complexity index is 1340. The van der Waals surface area contributed by atoms with E-state index in [1.165, 1.54) is 6.92 Å². The lowest BCUT2D eigenvalue weighted by molar-refractivity contribution is -0.138. The van der Waals surface area contributed by atoms with Gasteiger partial charge in [0.1, 0.15) is 5.69 Å². The molecule has 0 saturated heterocycles. The van der Waals surface area contributed by atoms with Gasteiger partial charge in [-0.3, -0.25) is 14.7 Å². The molecule has 182 valence electrons. The number of rotatable bonds is 5. The first-order valence-corrected chi connectivity index (χ1v) is 11.6. The van der Waals surface area contributed by atoms with E-state index in [2.05, 4.69) is 20.2 Å². The van der Waals surface area contributed by atoms with E-state index in [9.17, 15) is 39.6 Å². The maximum Gasteiger partial charge on any atom is 0.445 e. The van der Waals surface area contributed by atoms with Crippen LogP contribution in [0.4, 0.5) is 31.5 Å². The van der Waals surface area contributed by atoms with Gasteiger partial charge in [-0.25, -0.2) is 13.4 Å². The number of aromatic nitrogens is 4. The molecule has 0 aliphatic heterocycles. The minimum Gasteiger partial charge on any atom is -0.284 e. The first-order valence-electron chi connectivity index (χ1n) is 9.09. The number of nitrogens with zero attached hydrogens (tertiary/aromatic N) is 5. The van der Waals surface area contributed by atoms with Crippen LogP contribution >= 0.6 is 11.3 Å². The summed E-state index contributed by atoms with van der Waals surface area (Å²) in [5.41, 5.74) is -1.90. The predicted octanol–water partition coefficient (Wildman–Crippen LogP) is 4.10. The van der Waals surface area contributed by atoms with E-state index in [1.807, 2.05) is 0 Å². The molecule has 0 radical (unpaired) electrons. The highest BCUT2D eigenvalue weighted by atomic mass is 32.2. The molecule has 0 atom stereocenters. The molecule has 0 spiro atoms. The molecule has 0 N–H and O–H groups in total. The summed E-state index contributed by atoms with van der Waals surface area (Å²) in [6.45, 7) is 1.27. The lowest BCUT2D eigenvalue weighted by Crippen LogP contribution is -2.29. The summed E-state index contributed by atoms with van der Waals surface area (Å²) in [7, 11) is -3.09. The summed E-state index contributed by atoms with van der Waals surface area (Å²) in [5, 5.41) is 4.48. The van der Waals surface area contributed by atoms with Crippen molar-refractivity contribution >= 4 is 32.2 Å². The largest absolute Gasteiger partial charge is 0.445 e. The summed E-state index contributed by atoms with van der Waals surface area (Å²) in [6.07, 6.45) is -6.89. The number of halogens is 6. The average molecular weight is 525 g/mol. The summed E-state index contributed by atoms with van der Waals surface area (Å²) >= 11 is 0.0598. The zero-order chi connectivity index (χ0) is 25.5. The third-order valence-corrected chi connectivity index (χ3v) is 7.20. The zero-order valence-corrected chi connectivity index (χ0v) is 18.8. The smallest absolute Gasteiger partial charge is 0.284 e. The third kappa shape index (κ3) is 5.16. The lowest BCUT2D eigenvalue weighted by Gasteiger charge is -2.16. The molecule has 3 heterocycles. The highest BCUT2D eigenvalue weighted by Gasteiger charge is 2.37. The van der Waals surface area contributed by atoms with Crippen LogP contribution in [0, 0.1) is 0 Å². The molecule has 0 aliphatic carbocycles.